The van der Waals surface area contributed by atoms with E-state index in [1.165, 1.54) is 12.1 Å². The summed E-state index contributed by atoms with van der Waals surface area (Å²) in [5.41, 5.74) is 7.25. The Morgan fingerprint density at radius 2 is 1.67 bits per heavy atom. The molecule has 3 rings (SSSR count). The summed E-state index contributed by atoms with van der Waals surface area (Å²) in [6.45, 7) is 1.73. The van der Waals surface area contributed by atoms with E-state index < -0.39 is 17.2 Å². The number of rotatable bonds is 2. The molecule has 0 aliphatic rings. The van der Waals surface area contributed by atoms with E-state index in [1.54, 1.807) is 13.1 Å². The lowest BCUT2D eigenvalue weighted by atomic mass is 9.85. The first-order chi connectivity index (χ1) is 9.96. The molecule has 0 aliphatic heterocycles. The van der Waals surface area contributed by atoms with Gasteiger partial charge in [0.15, 0.2) is 0 Å². The third-order valence-corrected chi connectivity index (χ3v) is 3.67. The molecule has 2 aromatic carbocycles. The Balaban J connectivity index is 2.14. The number of fused-ring (bicyclic) bond motifs is 1. The Labute approximate surface area is 121 Å². The lowest BCUT2D eigenvalue weighted by Crippen LogP contribution is -2.34. The van der Waals surface area contributed by atoms with E-state index in [9.17, 15) is 8.78 Å². The van der Waals surface area contributed by atoms with Gasteiger partial charge in [0.05, 0.1) is 11.1 Å². The highest BCUT2D eigenvalue weighted by Gasteiger charge is 2.25. The van der Waals surface area contributed by atoms with Crippen molar-refractivity contribution in [1.82, 2.24) is 4.98 Å². The van der Waals surface area contributed by atoms with E-state index in [2.05, 4.69) is 4.98 Å². The van der Waals surface area contributed by atoms with Crippen LogP contribution in [0.2, 0.25) is 0 Å². The summed E-state index contributed by atoms with van der Waals surface area (Å²) in [6, 6.07) is 12.7. The van der Waals surface area contributed by atoms with Gasteiger partial charge in [0.1, 0.15) is 11.6 Å². The van der Waals surface area contributed by atoms with Crippen LogP contribution < -0.4 is 5.73 Å². The average Bonchev–Trinajstić information content (AvgIpc) is 2.45. The number of benzene rings is 2. The van der Waals surface area contributed by atoms with Crippen molar-refractivity contribution in [2.24, 2.45) is 5.73 Å². The van der Waals surface area contributed by atoms with Crippen molar-refractivity contribution in [3.63, 3.8) is 0 Å². The van der Waals surface area contributed by atoms with Gasteiger partial charge in [-0.15, -0.1) is 0 Å². The van der Waals surface area contributed by atoms with Crippen LogP contribution in [0.25, 0.3) is 10.9 Å². The van der Waals surface area contributed by atoms with E-state index >= 15 is 0 Å². The zero-order valence-corrected chi connectivity index (χ0v) is 11.5. The largest absolute Gasteiger partial charge is 0.318 e. The molecule has 0 saturated heterocycles. The normalized spacial score (nSPS) is 14.1. The lowest BCUT2D eigenvalue weighted by molar-refractivity contribution is 0.551. The molecule has 2 N–H and O–H groups in total. The summed E-state index contributed by atoms with van der Waals surface area (Å²) >= 11 is 0. The Kier molecular flexibility index (Phi) is 3.18. The highest BCUT2D eigenvalue weighted by molar-refractivity contribution is 5.79. The summed E-state index contributed by atoms with van der Waals surface area (Å²) in [6.07, 6.45) is 1.70. The Hall–Kier alpha value is -2.33. The third-order valence-electron chi connectivity index (χ3n) is 3.67. The fourth-order valence-electron chi connectivity index (χ4n) is 2.41. The lowest BCUT2D eigenvalue weighted by Gasteiger charge is -2.26. The van der Waals surface area contributed by atoms with Crippen molar-refractivity contribution < 1.29 is 8.78 Å². The molecule has 3 aromatic rings. The van der Waals surface area contributed by atoms with Crippen LogP contribution >= 0.6 is 0 Å². The molecule has 2 nitrogen and oxygen atoms in total. The minimum absolute atomic E-state index is 0.385. The van der Waals surface area contributed by atoms with E-state index in [4.69, 9.17) is 5.73 Å². The molecule has 1 aromatic heterocycles. The molecular formula is C17H14F2N2. The predicted octanol–water partition coefficient (Wildman–Crippen LogP) is 3.74. The molecule has 0 spiro atoms. The molecule has 0 fully saturated rings. The van der Waals surface area contributed by atoms with E-state index in [1.807, 2.05) is 30.3 Å². The average molecular weight is 284 g/mol. The van der Waals surface area contributed by atoms with Gasteiger partial charge in [0.2, 0.25) is 0 Å². The maximum atomic E-state index is 13.4. The first kappa shape index (κ1) is 13.6. The van der Waals surface area contributed by atoms with Crippen molar-refractivity contribution in [3.05, 3.63) is 77.5 Å². The maximum absolute atomic E-state index is 13.4. The molecule has 4 heteroatoms. The van der Waals surface area contributed by atoms with Crippen LogP contribution in [0.1, 0.15) is 18.1 Å². The molecule has 106 valence electrons. The van der Waals surface area contributed by atoms with Gasteiger partial charge in [0.25, 0.3) is 0 Å². The van der Waals surface area contributed by atoms with Crippen LogP contribution in [0, 0.1) is 11.6 Å². The van der Waals surface area contributed by atoms with E-state index in [0.29, 0.717) is 5.56 Å². The van der Waals surface area contributed by atoms with Gasteiger partial charge in [-0.2, -0.15) is 0 Å². The highest BCUT2D eigenvalue weighted by Crippen LogP contribution is 2.29. The van der Waals surface area contributed by atoms with Crippen LogP contribution in [0.15, 0.2) is 54.7 Å². The number of halogens is 2. The highest BCUT2D eigenvalue weighted by atomic mass is 19.1. The molecule has 0 amide bonds. The van der Waals surface area contributed by atoms with Gasteiger partial charge in [-0.3, -0.25) is 4.98 Å². The molecule has 0 radical (unpaired) electrons. The molecule has 0 aliphatic carbocycles. The SMILES string of the molecule is CC(N)(c1cc(F)cc(F)c1)c1ccc2cccnc2c1. The summed E-state index contributed by atoms with van der Waals surface area (Å²) in [7, 11) is 0. The van der Waals surface area contributed by atoms with Crippen LogP contribution in [0.5, 0.6) is 0 Å². The van der Waals surface area contributed by atoms with Crippen molar-refractivity contribution in [3.8, 4) is 0 Å². The summed E-state index contributed by atoms with van der Waals surface area (Å²) in [5, 5.41) is 0.988. The molecular weight excluding hydrogens is 270 g/mol. The first-order valence-corrected chi connectivity index (χ1v) is 6.57. The maximum Gasteiger partial charge on any atom is 0.126 e. The second-order valence-corrected chi connectivity index (χ2v) is 5.27. The van der Waals surface area contributed by atoms with Crippen LogP contribution in [-0.4, -0.2) is 4.98 Å². The number of aromatic nitrogens is 1. The molecule has 1 atom stereocenters. The summed E-state index contributed by atoms with van der Waals surface area (Å²) < 4.78 is 26.8. The van der Waals surface area contributed by atoms with Gasteiger partial charge < -0.3 is 5.73 Å². The third kappa shape index (κ3) is 2.50. The fraction of sp³-hybridized carbons (Fsp3) is 0.118. The van der Waals surface area contributed by atoms with Crippen molar-refractivity contribution in [2.75, 3.05) is 0 Å². The number of hydrogen-bond acceptors (Lipinski definition) is 2. The first-order valence-electron chi connectivity index (χ1n) is 6.57. The fourth-order valence-corrected chi connectivity index (χ4v) is 2.41. The van der Waals surface area contributed by atoms with E-state index in [-0.39, 0.29) is 0 Å². The standard InChI is InChI=1S/C17H14F2N2/c1-17(20,13-7-14(18)10-15(19)8-13)12-5-4-11-3-2-6-21-16(11)9-12/h2-10H,20H2,1H3. The van der Waals surface area contributed by atoms with Crippen molar-refractivity contribution >= 4 is 10.9 Å². The minimum atomic E-state index is -1.01. The summed E-state index contributed by atoms with van der Waals surface area (Å²) in [4.78, 5) is 4.28. The monoisotopic (exact) mass is 284 g/mol. The number of hydrogen-bond donors (Lipinski definition) is 1. The van der Waals surface area contributed by atoms with Crippen LogP contribution in [0.4, 0.5) is 8.78 Å². The van der Waals surface area contributed by atoms with Gasteiger partial charge in [0, 0.05) is 17.6 Å². The summed E-state index contributed by atoms with van der Waals surface area (Å²) in [5.74, 6) is -1.28. The predicted molar refractivity (Wildman–Crippen MR) is 78.7 cm³/mol. The second kappa shape index (κ2) is 4.90. The zero-order valence-electron chi connectivity index (χ0n) is 11.5. The number of nitrogens with zero attached hydrogens (tertiary/aromatic N) is 1. The Bertz CT molecular complexity index is 792. The Morgan fingerprint density at radius 1 is 0.952 bits per heavy atom. The van der Waals surface area contributed by atoms with Gasteiger partial charge in [-0.1, -0.05) is 18.2 Å². The Morgan fingerprint density at radius 3 is 2.38 bits per heavy atom. The van der Waals surface area contributed by atoms with Crippen molar-refractivity contribution in [1.29, 1.82) is 0 Å². The van der Waals surface area contributed by atoms with Crippen LogP contribution in [0.3, 0.4) is 0 Å². The van der Waals surface area contributed by atoms with E-state index in [0.717, 1.165) is 22.5 Å². The quantitative estimate of drug-likeness (QED) is 0.778. The second-order valence-electron chi connectivity index (χ2n) is 5.27. The topological polar surface area (TPSA) is 38.9 Å². The molecule has 21 heavy (non-hydrogen) atoms. The molecule has 0 bridgehead atoms. The van der Waals surface area contributed by atoms with Gasteiger partial charge in [-0.05, 0) is 42.3 Å². The minimum Gasteiger partial charge on any atom is -0.318 e. The van der Waals surface area contributed by atoms with Gasteiger partial charge >= 0.3 is 0 Å². The molecule has 1 unspecified atom stereocenters. The molecule has 1 heterocycles. The smallest absolute Gasteiger partial charge is 0.126 e. The number of nitrogens with two attached hydrogens (primary N) is 1. The van der Waals surface area contributed by atoms with Crippen LogP contribution in [-0.2, 0) is 5.54 Å². The number of pyridine rings is 1. The molecule has 0 saturated carbocycles. The zero-order chi connectivity index (χ0) is 15.0. The van der Waals surface area contributed by atoms with Crippen molar-refractivity contribution in [2.45, 2.75) is 12.5 Å². The van der Waals surface area contributed by atoms with Gasteiger partial charge in [-0.25, -0.2) is 8.78 Å².